The molecule has 18 heavy (non-hydrogen) atoms. The minimum Gasteiger partial charge on any atom is -0.0537 e. The SMILES string of the molecule is [c]1cc[c]c(C2(c3[c]cc[c]c3)CCCCC2)c1. The van der Waals surface area contributed by atoms with E-state index in [9.17, 15) is 0 Å². The molecule has 2 aromatic rings. The van der Waals surface area contributed by atoms with Gasteiger partial charge in [0.2, 0.25) is 0 Å². The summed E-state index contributed by atoms with van der Waals surface area (Å²) in [6.45, 7) is 0. The van der Waals surface area contributed by atoms with Gasteiger partial charge < -0.3 is 0 Å². The van der Waals surface area contributed by atoms with Crippen molar-refractivity contribution in [2.75, 3.05) is 0 Å². The zero-order chi connectivity index (χ0) is 12.3. The van der Waals surface area contributed by atoms with Gasteiger partial charge in [0.25, 0.3) is 0 Å². The molecule has 0 amide bonds. The van der Waals surface area contributed by atoms with Crippen molar-refractivity contribution in [3.05, 3.63) is 71.8 Å². The molecule has 1 fully saturated rings. The highest BCUT2D eigenvalue weighted by Crippen LogP contribution is 2.44. The fourth-order valence-electron chi connectivity index (χ4n) is 3.10. The van der Waals surface area contributed by atoms with Gasteiger partial charge in [0.05, 0.1) is 0 Å². The van der Waals surface area contributed by atoms with Crippen molar-refractivity contribution >= 4 is 0 Å². The van der Waals surface area contributed by atoms with Crippen LogP contribution in [0.1, 0.15) is 43.2 Å². The molecule has 88 valence electrons. The number of hydrogen-bond acceptors (Lipinski definition) is 0. The summed E-state index contributed by atoms with van der Waals surface area (Å²) in [7, 11) is 0. The smallest absolute Gasteiger partial charge is 0.0215 e. The molecule has 3 rings (SSSR count). The van der Waals surface area contributed by atoms with Gasteiger partial charge >= 0.3 is 0 Å². The molecule has 0 heteroatoms. The Morgan fingerprint density at radius 3 is 1.72 bits per heavy atom. The highest BCUT2D eigenvalue weighted by atomic mass is 14.4. The molecule has 1 aliphatic rings. The highest BCUT2D eigenvalue weighted by Gasteiger charge is 2.35. The minimum atomic E-state index is 0.0910. The summed E-state index contributed by atoms with van der Waals surface area (Å²) in [6, 6.07) is 25.2. The van der Waals surface area contributed by atoms with Crippen molar-refractivity contribution < 1.29 is 0 Å². The normalized spacial score (nSPS) is 18.4. The molecule has 0 heterocycles. The van der Waals surface area contributed by atoms with E-state index in [2.05, 4.69) is 36.4 Å². The number of rotatable bonds is 2. The van der Waals surface area contributed by atoms with Gasteiger partial charge in [0.1, 0.15) is 0 Å². The second-order valence-electron chi connectivity index (χ2n) is 5.05. The first-order valence-corrected chi connectivity index (χ1v) is 6.68. The van der Waals surface area contributed by atoms with E-state index in [1.807, 2.05) is 24.3 Å². The van der Waals surface area contributed by atoms with Crippen LogP contribution in [0.4, 0.5) is 0 Å². The molecule has 1 saturated carbocycles. The molecule has 1 aliphatic carbocycles. The fourth-order valence-corrected chi connectivity index (χ4v) is 3.10. The first-order chi connectivity index (χ1) is 8.92. The quantitative estimate of drug-likeness (QED) is 0.730. The third-order valence-corrected chi connectivity index (χ3v) is 4.03. The van der Waals surface area contributed by atoms with Crippen LogP contribution in [-0.2, 0) is 5.41 Å². The predicted molar refractivity (Wildman–Crippen MR) is 72.1 cm³/mol. The third kappa shape index (κ3) is 1.96. The van der Waals surface area contributed by atoms with Gasteiger partial charge in [0.15, 0.2) is 0 Å². The van der Waals surface area contributed by atoms with E-state index in [-0.39, 0.29) is 5.41 Å². The number of hydrogen-bond donors (Lipinski definition) is 0. The van der Waals surface area contributed by atoms with Crippen molar-refractivity contribution in [2.24, 2.45) is 0 Å². The Labute approximate surface area is 110 Å². The molecule has 2 aromatic carbocycles. The van der Waals surface area contributed by atoms with Gasteiger partial charge in [-0.3, -0.25) is 0 Å². The molecule has 0 atom stereocenters. The van der Waals surface area contributed by atoms with Crippen LogP contribution in [0.15, 0.2) is 36.4 Å². The summed E-state index contributed by atoms with van der Waals surface area (Å²) in [5.74, 6) is 0. The van der Waals surface area contributed by atoms with Crippen LogP contribution >= 0.6 is 0 Å². The van der Waals surface area contributed by atoms with E-state index in [1.165, 1.54) is 43.2 Å². The third-order valence-electron chi connectivity index (χ3n) is 4.03. The predicted octanol–water partition coefficient (Wildman–Crippen LogP) is 4.14. The van der Waals surface area contributed by atoms with Crippen LogP contribution in [-0.4, -0.2) is 0 Å². The maximum atomic E-state index is 3.41. The zero-order valence-corrected chi connectivity index (χ0v) is 10.5. The Kier molecular flexibility index (Phi) is 3.19. The lowest BCUT2D eigenvalue weighted by Crippen LogP contribution is -2.30. The lowest BCUT2D eigenvalue weighted by molar-refractivity contribution is 0.345. The van der Waals surface area contributed by atoms with E-state index in [0.29, 0.717) is 0 Å². The van der Waals surface area contributed by atoms with Gasteiger partial charge in [-0.1, -0.05) is 43.5 Å². The Balaban J connectivity index is 2.10. The molecule has 0 aliphatic heterocycles. The largest absolute Gasteiger partial charge is 0.0537 e. The van der Waals surface area contributed by atoms with E-state index in [4.69, 9.17) is 0 Å². The van der Waals surface area contributed by atoms with Crippen molar-refractivity contribution in [3.8, 4) is 0 Å². The maximum Gasteiger partial charge on any atom is 0.0215 e. The average molecular weight is 232 g/mol. The van der Waals surface area contributed by atoms with Crippen LogP contribution in [0, 0.1) is 24.3 Å². The molecule has 4 radical (unpaired) electrons. The van der Waals surface area contributed by atoms with Gasteiger partial charge in [-0.25, -0.2) is 0 Å². The molecule has 0 aromatic heterocycles. The van der Waals surface area contributed by atoms with Gasteiger partial charge in [-0.15, -0.1) is 0 Å². The van der Waals surface area contributed by atoms with E-state index >= 15 is 0 Å². The summed E-state index contributed by atoms with van der Waals surface area (Å²) in [4.78, 5) is 0. The van der Waals surface area contributed by atoms with E-state index < -0.39 is 0 Å². The molecule has 0 saturated heterocycles. The minimum absolute atomic E-state index is 0.0910. The van der Waals surface area contributed by atoms with Gasteiger partial charge in [-0.05, 0) is 60.4 Å². The monoisotopic (exact) mass is 232 g/mol. The van der Waals surface area contributed by atoms with Crippen LogP contribution in [0.2, 0.25) is 0 Å². The highest BCUT2D eigenvalue weighted by molar-refractivity contribution is 5.38. The molecule has 0 unspecified atom stereocenters. The second kappa shape index (κ2) is 4.97. The molecule has 0 nitrogen and oxygen atoms in total. The second-order valence-corrected chi connectivity index (χ2v) is 5.05. The Bertz CT molecular complexity index is 436. The van der Waals surface area contributed by atoms with Crippen molar-refractivity contribution in [3.63, 3.8) is 0 Å². The summed E-state index contributed by atoms with van der Waals surface area (Å²) in [6.07, 6.45) is 6.29. The van der Waals surface area contributed by atoms with Crippen LogP contribution in [0.25, 0.3) is 0 Å². The lowest BCUT2D eigenvalue weighted by atomic mass is 9.65. The van der Waals surface area contributed by atoms with Gasteiger partial charge in [-0.2, -0.15) is 0 Å². The van der Waals surface area contributed by atoms with Crippen LogP contribution in [0.3, 0.4) is 0 Å². The fraction of sp³-hybridized carbons (Fsp3) is 0.333. The Morgan fingerprint density at radius 1 is 0.722 bits per heavy atom. The Morgan fingerprint density at radius 2 is 1.28 bits per heavy atom. The molecule has 0 bridgehead atoms. The number of benzene rings is 2. The summed E-state index contributed by atoms with van der Waals surface area (Å²) in [5.41, 5.74) is 2.62. The first-order valence-electron chi connectivity index (χ1n) is 6.68. The Hall–Kier alpha value is -1.56. The molecule has 0 spiro atoms. The summed E-state index contributed by atoms with van der Waals surface area (Å²) < 4.78 is 0. The van der Waals surface area contributed by atoms with Crippen molar-refractivity contribution in [1.82, 2.24) is 0 Å². The van der Waals surface area contributed by atoms with Gasteiger partial charge in [0, 0.05) is 5.41 Å². The average Bonchev–Trinajstić information content (AvgIpc) is 2.50. The van der Waals surface area contributed by atoms with Crippen molar-refractivity contribution in [2.45, 2.75) is 37.5 Å². The molecule has 0 N–H and O–H groups in total. The van der Waals surface area contributed by atoms with Crippen LogP contribution < -0.4 is 0 Å². The topological polar surface area (TPSA) is 0 Å². The summed E-state index contributed by atoms with van der Waals surface area (Å²) in [5, 5.41) is 0. The molecular formula is C18H16. The van der Waals surface area contributed by atoms with Crippen molar-refractivity contribution in [1.29, 1.82) is 0 Å². The van der Waals surface area contributed by atoms with E-state index in [0.717, 1.165) is 0 Å². The van der Waals surface area contributed by atoms with E-state index in [1.54, 1.807) is 0 Å². The maximum absolute atomic E-state index is 3.41. The first kappa shape index (κ1) is 11.5. The summed E-state index contributed by atoms with van der Waals surface area (Å²) >= 11 is 0. The lowest BCUT2D eigenvalue weighted by Gasteiger charge is -2.38. The standard InChI is InChI=1S/C18H16/c1-4-10-16(11-5-1)18(14-8-3-9-15-18)17-12-6-2-7-13-17/h1-2,4,6,11,13H,3,8-9,14-15H2. The van der Waals surface area contributed by atoms with Crippen LogP contribution in [0.5, 0.6) is 0 Å². The molecular weight excluding hydrogens is 216 g/mol. The zero-order valence-electron chi connectivity index (χ0n) is 10.5.